The van der Waals surface area contributed by atoms with Gasteiger partial charge in [0.05, 0.1) is 12.7 Å². The zero-order valence-corrected chi connectivity index (χ0v) is 20.7. The van der Waals surface area contributed by atoms with Gasteiger partial charge < -0.3 is 19.5 Å². The van der Waals surface area contributed by atoms with E-state index in [0.717, 1.165) is 30.6 Å². The molecule has 2 aromatic rings. The van der Waals surface area contributed by atoms with Crippen molar-refractivity contribution in [2.75, 3.05) is 19.7 Å². The van der Waals surface area contributed by atoms with Gasteiger partial charge in [-0.3, -0.25) is 9.59 Å². The number of piperidine rings is 1. The maximum absolute atomic E-state index is 13.9. The number of aliphatic carboxylic acids is 1. The number of carboxylic acid groups (broad SMARTS) is 1. The molecule has 3 heterocycles. The molecular formula is C29H34FNO5. The van der Waals surface area contributed by atoms with Crippen molar-refractivity contribution in [3.05, 3.63) is 65.5 Å². The number of hydrogen-bond donors (Lipinski definition) is 1. The lowest BCUT2D eigenvalue weighted by atomic mass is 9.63. The van der Waals surface area contributed by atoms with E-state index in [-0.39, 0.29) is 35.6 Å². The Morgan fingerprint density at radius 3 is 2.56 bits per heavy atom. The van der Waals surface area contributed by atoms with E-state index in [2.05, 4.69) is 0 Å². The molecule has 3 aliphatic rings. The van der Waals surface area contributed by atoms with E-state index in [4.69, 9.17) is 9.47 Å². The summed E-state index contributed by atoms with van der Waals surface area (Å²) >= 11 is 0. The highest BCUT2D eigenvalue weighted by Gasteiger charge is 2.54. The number of fused-ring (bicyclic) bond motifs is 3. The summed E-state index contributed by atoms with van der Waals surface area (Å²) in [6.07, 6.45) is 3.57. The van der Waals surface area contributed by atoms with E-state index in [0.29, 0.717) is 44.5 Å². The van der Waals surface area contributed by atoms with E-state index in [1.807, 2.05) is 36.1 Å². The zero-order valence-electron chi connectivity index (χ0n) is 20.7. The number of halogens is 1. The fraction of sp³-hybridized carbons (Fsp3) is 0.517. The molecule has 0 aromatic heterocycles. The second kappa shape index (κ2) is 9.85. The van der Waals surface area contributed by atoms with Crippen molar-refractivity contribution in [2.24, 2.45) is 11.3 Å². The van der Waals surface area contributed by atoms with Crippen LogP contribution < -0.4 is 4.74 Å². The number of amides is 1. The first kappa shape index (κ1) is 24.8. The van der Waals surface area contributed by atoms with Crippen molar-refractivity contribution in [1.29, 1.82) is 0 Å². The number of ether oxygens (including phenoxy) is 2. The Labute approximate surface area is 211 Å². The van der Waals surface area contributed by atoms with Crippen LogP contribution in [0.1, 0.15) is 62.7 Å². The quantitative estimate of drug-likeness (QED) is 0.599. The fourth-order valence-electron chi connectivity index (χ4n) is 6.26. The molecule has 0 bridgehead atoms. The normalized spacial score (nSPS) is 26.6. The van der Waals surface area contributed by atoms with Crippen LogP contribution in [0.25, 0.3) is 0 Å². The van der Waals surface area contributed by atoms with Crippen molar-refractivity contribution >= 4 is 11.9 Å². The van der Waals surface area contributed by atoms with Crippen LogP contribution in [0.5, 0.6) is 5.75 Å². The topological polar surface area (TPSA) is 76.1 Å². The van der Waals surface area contributed by atoms with E-state index in [9.17, 15) is 19.1 Å². The summed E-state index contributed by atoms with van der Waals surface area (Å²) < 4.78 is 27.0. The maximum atomic E-state index is 13.9. The molecule has 0 unspecified atom stereocenters. The molecule has 3 aliphatic heterocycles. The van der Waals surface area contributed by atoms with Gasteiger partial charge in [-0.15, -0.1) is 0 Å². The smallest absolute Gasteiger partial charge is 0.303 e. The van der Waals surface area contributed by atoms with Gasteiger partial charge >= 0.3 is 5.97 Å². The lowest BCUT2D eigenvalue weighted by molar-refractivity contribution is -0.183. The maximum Gasteiger partial charge on any atom is 0.303 e. The van der Waals surface area contributed by atoms with E-state index < -0.39 is 11.6 Å². The Hall–Kier alpha value is -2.93. The highest BCUT2D eigenvalue weighted by atomic mass is 19.1. The average Bonchev–Trinajstić information content (AvgIpc) is 2.88. The Bertz CT molecular complexity index is 1130. The average molecular weight is 496 g/mol. The van der Waals surface area contributed by atoms with Gasteiger partial charge in [0, 0.05) is 37.4 Å². The van der Waals surface area contributed by atoms with E-state index >= 15 is 0 Å². The molecule has 0 aliphatic carbocycles. The first-order valence-electron chi connectivity index (χ1n) is 12.9. The predicted octanol–water partition coefficient (Wildman–Crippen LogP) is 5.16. The number of carbonyl (C=O) groups excluding carboxylic acids is 1. The second-order valence-corrected chi connectivity index (χ2v) is 10.9. The van der Waals surface area contributed by atoms with Crippen molar-refractivity contribution in [1.82, 2.24) is 4.90 Å². The lowest BCUT2D eigenvalue weighted by Crippen LogP contribution is -2.55. The van der Waals surface area contributed by atoms with Gasteiger partial charge in [0.25, 0.3) is 0 Å². The highest BCUT2D eigenvalue weighted by Crippen LogP contribution is 2.56. The number of benzene rings is 2. The van der Waals surface area contributed by atoms with Gasteiger partial charge in [-0.25, -0.2) is 4.39 Å². The van der Waals surface area contributed by atoms with E-state index in [1.165, 1.54) is 6.07 Å². The molecule has 1 spiro atoms. The predicted molar refractivity (Wildman–Crippen MR) is 132 cm³/mol. The fourth-order valence-corrected chi connectivity index (χ4v) is 6.26. The molecule has 7 heteroatoms. The summed E-state index contributed by atoms with van der Waals surface area (Å²) in [7, 11) is 0. The van der Waals surface area contributed by atoms with Gasteiger partial charge in [0.1, 0.15) is 17.2 Å². The summed E-state index contributed by atoms with van der Waals surface area (Å²) in [6, 6.07) is 14.5. The van der Waals surface area contributed by atoms with Gasteiger partial charge in [-0.05, 0) is 62.1 Å². The summed E-state index contributed by atoms with van der Waals surface area (Å²) in [5.74, 6) is -0.228. The third kappa shape index (κ3) is 4.85. The molecule has 192 valence electrons. The minimum absolute atomic E-state index is 0.0313. The van der Waals surface area contributed by atoms with Crippen LogP contribution in [0.4, 0.5) is 4.39 Å². The monoisotopic (exact) mass is 495 g/mol. The van der Waals surface area contributed by atoms with Crippen LogP contribution in [0.3, 0.4) is 0 Å². The Morgan fingerprint density at radius 1 is 1.08 bits per heavy atom. The number of likely N-dealkylation sites (tertiary alicyclic amines) is 1. The molecule has 5 rings (SSSR count). The van der Waals surface area contributed by atoms with Gasteiger partial charge in [-0.1, -0.05) is 36.4 Å². The number of carboxylic acids is 1. The van der Waals surface area contributed by atoms with Crippen LogP contribution in [0.15, 0.2) is 48.5 Å². The summed E-state index contributed by atoms with van der Waals surface area (Å²) in [5, 5.41) is 9.36. The Balaban J connectivity index is 1.26. The number of hydrogen-bond acceptors (Lipinski definition) is 4. The first-order valence-corrected chi connectivity index (χ1v) is 12.9. The summed E-state index contributed by atoms with van der Waals surface area (Å²) in [6.45, 7) is 3.95. The SMILES string of the molecule is C[C@@]1(CCC(=O)O)Oc2ccccc2[C@@H]2OCC3(CCN(C(=O)CCc4ccccc4F)CC3)C[C@H]21. The van der Waals surface area contributed by atoms with Gasteiger partial charge in [0.15, 0.2) is 0 Å². The standard InChI is InChI=1S/C29H34FNO5/c1-28(13-12-26(33)34)22-18-29(19-35-27(22)21-7-3-5-9-24(21)36-28)14-16-31(17-15-29)25(32)11-10-20-6-2-4-8-23(20)30/h2-9,22,27H,10-19H2,1H3,(H,33,34)/t22-,27+,28+/m1/s1. The first-order chi connectivity index (χ1) is 17.3. The highest BCUT2D eigenvalue weighted by molar-refractivity contribution is 5.76. The molecule has 0 saturated carbocycles. The van der Waals surface area contributed by atoms with E-state index in [1.54, 1.807) is 18.2 Å². The Kier molecular flexibility index (Phi) is 6.77. The molecule has 36 heavy (non-hydrogen) atoms. The molecule has 2 saturated heterocycles. The number of carbonyl (C=O) groups is 2. The summed E-state index contributed by atoms with van der Waals surface area (Å²) in [4.78, 5) is 26.2. The number of rotatable bonds is 6. The number of para-hydroxylation sites is 1. The second-order valence-electron chi connectivity index (χ2n) is 10.9. The molecule has 1 N–H and O–H groups in total. The van der Waals surface area contributed by atoms with Crippen molar-refractivity contribution in [2.45, 2.75) is 63.6 Å². The van der Waals surface area contributed by atoms with Crippen LogP contribution >= 0.6 is 0 Å². The van der Waals surface area contributed by atoms with Crippen molar-refractivity contribution in [3.8, 4) is 5.75 Å². The molecule has 6 nitrogen and oxygen atoms in total. The van der Waals surface area contributed by atoms with Gasteiger partial charge in [0.2, 0.25) is 5.91 Å². The molecular weight excluding hydrogens is 461 g/mol. The van der Waals surface area contributed by atoms with Crippen LogP contribution in [0, 0.1) is 17.2 Å². The lowest BCUT2D eigenvalue weighted by Gasteiger charge is -2.55. The zero-order chi connectivity index (χ0) is 25.3. The summed E-state index contributed by atoms with van der Waals surface area (Å²) in [5.41, 5.74) is 0.899. The largest absolute Gasteiger partial charge is 0.487 e. The minimum atomic E-state index is -0.830. The molecule has 2 aromatic carbocycles. The van der Waals surface area contributed by atoms with Gasteiger partial charge in [-0.2, -0.15) is 0 Å². The van der Waals surface area contributed by atoms with Crippen LogP contribution in [-0.4, -0.2) is 47.2 Å². The Morgan fingerprint density at radius 2 is 1.81 bits per heavy atom. The minimum Gasteiger partial charge on any atom is -0.487 e. The third-order valence-electron chi connectivity index (χ3n) is 8.52. The third-order valence-corrected chi connectivity index (χ3v) is 8.52. The number of aryl methyl sites for hydroxylation is 1. The molecule has 2 fully saturated rings. The van der Waals surface area contributed by atoms with Crippen molar-refractivity contribution in [3.63, 3.8) is 0 Å². The van der Waals surface area contributed by atoms with Crippen LogP contribution in [0.2, 0.25) is 0 Å². The molecule has 1 amide bonds. The van der Waals surface area contributed by atoms with Crippen LogP contribution in [-0.2, 0) is 20.7 Å². The van der Waals surface area contributed by atoms with Crippen molar-refractivity contribution < 1.29 is 28.6 Å². The number of nitrogens with zero attached hydrogens (tertiary/aromatic N) is 1. The molecule has 3 atom stereocenters. The molecule has 0 radical (unpaired) electrons.